The molecule has 0 atom stereocenters. The lowest BCUT2D eigenvalue weighted by Crippen LogP contribution is -2.04. The third kappa shape index (κ3) is 3.25. The first-order valence-electron chi connectivity index (χ1n) is 7.67. The Morgan fingerprint density at radius 3 is 2.72 bits per heavy atom. The summed E-state index contributed by atoms with van der Waals surface area (Å²) >= 11 is 1.52. The fourth-order valence-corrected chi connectivity index (χ4v) is 3.37. The van der Waals surface area contributed by atoms with Crippen LogP contribution in [0.15, 0.2) is 52.1 Å². The van der Waals surface area contributed by atoms with Gasteiger partial charge in [0.2, 0.25) is 0 Å². The Balaban J connectivity index is 1.69. The topological polar surface area (TPSA) is 69.6 Å². The number of fused-ring (bicyclic) bond motifs is 1. The van der Waals surface area contributed by atoms with Crippen molar-refractivity contribution < 1.29 is 8.81 Å². The van der Waals surface area contributed by atoms with Gasteiger partial charge in [-0.25, -0.2) is 9.07 Å². The highest BCUT2D eigenvalue weighted by Gasteiger charge is 2.16. The third-order valence-corrected chi connectivity index (χ3v) is 4.73. The van der Waals surface area contributed by atoms with E-state index in [0.29, 0.717) is 12.3 Å². The molecule has 0 radical (unpaired) electrons. The first kappa shape index (κ1) is 15.8. The van der Waals surface area contributed by atoms with Crippen LogP contribution >= 0.6 is 11.8 Å². The van der Waals surface area contributed by atoms with E-state index >= 15 is 0 Å². The molecule has 0 spiro atoms. The summed E-state index contributed by atoms with van der Waals surface area (Å²) in [5.41, 5.74) is 3.21. The van der Waals surface area contributed by atoms with Gasteiger partial charge in [-0.3, -0.25) is 0 Å². The van der Waals surface area contributed by atoms with Gasteiger partial charge in [-0.1, -0.05) is 29.1 Å². The van der Waals surface area contributed by atoms with Gasteiger partial charge in [-0.05, 0) is 36.8 Å². The van der Waals surface area contributed by atoms with Gasteiger partial charge in [0.15, 0.2) is 0 Å². The van der Waals surface area contributed by atoms with Crippen LogP contribution in [0.3, 0.4) is 0 Å². The monoisotopic (exact) mass is 355 g/mol. The molecule has 0 fully saturated rings. The van der Waals surface area contributed by atoms with Crippen molar-refractivity contribution >= 4 is 22.8 Å². The molecule has 0 saturated carbocycles. The maximum Gasteiger partial charge on any atom is 0.147 e. The molecule has 0 unspecified atom stereocenters. The molecule has 0 aliphatic carbocycles. The Morgan fingerprint density at radius 2 is 1.96 bits per heavy atom. The average molecular weight is 355 g/mol. The minimum absolute atomic E-state index is 0.261. The van der Waals surface area contributed by atoms with Crippen molar-refractivity contribution in [2.75, 3.05) is 0 Å². The Kier molecular flexibility index (Phi) is 4.19. The lowest BCUT2D eigenvalue weighted by molar-refractivity contribution is 0.530. The SMILES string of the molecule is Cc1nnc(SCc2ccco2)c2c1nnn2Cc1ccc(F)cc1. The number of rotatable bonds is 5. The predicted molar refractivity (Wildman–Crippen MR) is 91.6 cm³/mol. The van der Waals surface area contributed by atoms with Crippen LogP contribution in [0.25, 0.3) is 11.0 Å². The second-order valence-corrected chi connectivity index (χ2v) is 6.49. The highest BCUT2D eigenvalue weighted by Crippen LogP contribution is 2.28. The Hall–Kier alpha value is -2.74. The highest BCUT2D eigenvalue weighted by atomic mass is 32.2. The maximum absolute atomic E-state index is 13.1. The summed E-state index contributed by atoms with van der Waals surface area (Å²) in [6.45, 7) is 2.34. The molecule has 8 heteroatoms. The van der Waals surface area contributed by atoms with Crippen molar-refractivity contribution in [2.45, 2.75) is 24.2 Å². The Morgan fingerprint density at radius 1 is 1.12 bits per heavy atom. The van der Waals surface area contributed by atoms with E-state index in [4.69, 9.17) is 4.42 Å². The molecular formula is C17H14FN5OS. The minimum Gasteiger partial charge on any atom is -0.468 e. The standard InChI is InChI=1S/C17H14FN5OS/c1-11-15-16(17(21-19-11)25-10-14-3-2-8-24-14)23(22-20-15)9-12-4-6-13(18)7-5-12/h2-8H,9-10H2,1H3. The second-order valence-electron chi connectivity index (χ2n) is 5.53. The smallest absolute Gasteiger partial charge is 0.147 e. The summed E-state index contributed by atoms with van der Waals surface area (Å²) in [7, 11) is 0. The molecule has 6 nitrogen and oxygen atoms in total. The van der Waals surface area contributed by atoms with E-state index in [1.54, 1.807) is 23.1 Å². The number of furan rings is 1. The van der Waals surface area contributed by atoms with E-state index in [2.05, 4.69) is 20.5 Å². The fourth-order valence-electron chi connectivity index (χ4n) is 2.49. The average Bonchev–Trinajstić information content (AvgIpc) is 3.27. The van der Waals surface area contributed by atoms with Gasteiger partial charge < -0.3 is 4.42 Å². The van der Waals surface area contributed by atoms with Gasteiger partial charge >= 0.3 is 0 Å². The van der Waals surface area contributed by atoms with Crippen molar-refractivity contribution in [1.82, 2.24) is 25.2 Å². The highest BCUT2D eigenvalue weighted by molar-refractivity contribution is 7.98. The van der Waals surface area contributed by atoms with Gasteiger partial charge in [0.25, 0.3) is 0 Å². The maximum atomic E-state index is 13.1. The number of hydrogen-bond acceptors (Lipinski definition) is 6. The summed E-state index contributed by atoms with van der Waals surface area (Å²) in [5.74, 6) is 1.24. The summed E-state index contributed by atoms with van der Waals surface area (Å²) in [5, 5.41) is 17.7. The first-order valence-corrected chi connectivity index (χ1v) is 8.65. The number of aromatic nitrogens is 5. The van der Waals surface area contributed by atoms with Crippen LogP contribution in [0.5, 0.6) is 0 Å². The van der Waals surface area contributed by atoms with Crippen LogP contribution < -0.4 is 0 Å². The van der Waals surface area contributed by atoms with Gasteiger partial charge in [0.05, 0.1) is 24.3 Å². The van der Waals surface area contributed by atoms with E-state index < -0.39 is 0 Å². The van der Waals surface area contributed by atoms with Crippen molar-refractivity contribution in [3.8, 4) is 0 Å². The largest absolute Gasteiger partial charge is 0.468 e. The van der Waals surface area contributed by atoms with Crippen LogP contribution in [0.2, 0.25) is 0 Å². The van der Waals surface area contributed by atoms with Gasteiger partial charge in [-0.15, -0.1) is 10.2 Å². The van der Waals surface area contributed by atoms with Gasteiger partial charge in [-0.2, -0.15) is 5.10 Å². The Labute approximate surface area is 147 Å². The molecule has 0 amide bonds. The summed E-state index contributed by atoms with van der Waals surface area (Å²) in [6.07, 6.45) is 1.65. The second kappa shape index (κ2) is 6.64. The lowest BCUT2D eigenvalue weighted by atomic mass is 10.2. The number of aryl methyl sites for hydroxylation is 1. The number of halogens is 1. The number of hydrogen-bond donors (Lipinski definition) is 0. The van der Waals surface area contributed by atoms with E-state index in [-0.39, 0.29) is 5.82 Å². The summed E-state index contributed by atoms with van der Waals surface area (Å²) < 4.78 is 20.2. The van der Waals surface area contributed by atoms with E-state index in [0.717, 1.165) is 33.1 Å². The zero-order valence-corrected chi connectivity index (χ0v) is 14.2. The first-order chi connectivity index (χ1) is 12.2. The summed E-state index contributed by atoms with van der Waals surface area (Å²) in [6, 6.07) is 10.1. The molecule has 0 aliphatic heterocycles. The molecule has 3 aromatic heterocycles. The molecule has 25 heavy (non-hydrogen) atoms. The molecule has 1 aromatic carbocycles. The molecule has 126 valence electrons. The molecule has 4 aromatic rings. The van der Waals surface area contributed by atoms with E-state index in [9.17, 15) is 4.39 Å². The van der Waals surface area contributed by atoms with Crippen molar-refractivity contribution in [3.05, 3.63) is 65.5 Å². The zero-order valence-electron chi connectivity index (χ0n) is 13.4. The number of nitrogens with zero attached hydrogens (tertiary/aromatic N) is 5. The van der Waals surface area contributed by atoms with Crippen LogP contribution in [0.4, 0.5) is 4.39 Å². The van der Waals surface area contributed by atoms with Crippen molar-refractivity contribution in [2.24, 2.45) is 0 Å². The van der Waals surface area contributed by atoms with Crippen LogP contribution in [-0.4, -0.2) is 25.2 Å². The van der Waals surface area contributed by atoms with Crippen LogP contribution in [-0.2, 0) is 12.3 Å². The van der Waals surface area contributed by atoms with Gasteiger partial charge in [0, 0.05) is 0 Å². The number of benzene rings is 1. The van der Waals surface area contributed by atoms with Crippen LogP contribution in [0, 0.1) is 12.7 Å². The molecule has 3 heterocycles. The van der Waals surface area contributed by atoms with Crippen LogP contribution in [0.1, 0.15) is 17.0 Å². The molecule has 0 aliphatic rings. The molecule has 0 bridgehead atoms. The van der Waals surface area contributed by atoms with Crippen molar-refractivity contribution in [1.29, 1.82) is 0 Å². The minimum atomic E-state index is -0.261. The summed E-state index contributed by atoms with van der Waals surface area (Å²) in [4.78, 5) is 0. The predicted octanol–water partition coefficient (Wildman–Crippen LogP) is 3.60. The number of thioether (sulfide) groups is 1. The normalized spacial score (nSPS) is 11.3. The van der Waals surface area contributed by atoms with E-state index in [1.165, 1.54) is 23.9 Å². The van der Waals surface area contributed by atoms with Crippen molar-refractivity contribution in [3.63, 3.8) is 0 Å². The lowest BCUT2D eigenvalue weighted by Gasteiger charge is -2.06. The molecular weight excluding hydrogens is 341 g/mol. The van der Waals surface area contributed by atoms with Gasteiger partial charge in [0.1, 0.15) is 27.6 Å². The molecule has 4 rings (SSSR count). The third-order valence-electron chi connectivity index (χ3n) is 3.75. The quantitative estimate of drug-likeness (QED) is 0.510. The zero-order chi connectivity index (χ0) is 17.2. The molecule has 0 N–H and O–H groups in total. The Bertz CT molecular complexity index is 998. The fraction of sp³-hybridized carbons (Fsp3) is 0.176. The molecule has 0 saturated heterocycles. The van der Waals surface area contributed by atoms with E-state index in [1.807, 2.05) is 19.1 Å².